The molecule has 1 aromatic rings. The second-order valence-electron chi connectivity index (χ2n) is 6.11. The van der Waals surface area contributed by atoms with Gasteiger partial charge in [0.05, 0.1) is 5.56 Å². The summed E-state index contributed by atoms with van der Waals surface area (Å²) < 4.78 is 19.1. The number of carbonyl (C=O) groups is 2. The molecular formula is C18H25FO4. The van der Waals surface area contributed by atoms with Crippen LogP contribution in [0.25, 0.3) is 0 Å². The van der Waals surface area contributed by atoms with Crippen LogP contribution in [0.1, 0.15) is 73.6 Å². The average molecular weight is 324 g/mol. The van der Waals surface area contributed by atoms with Crippen LogP contribution in [-0.2, 0) is 4.74 Å². The van der Waals surface area contributed by atoms with Gasteiger partial charge in [-0.3, -0.25) is 0 Å². The number of benzene rings is 1. The number of unbranched alkanes of at least 4 members (excludes halogenated alkanes) is 1. The van der Waals surface area contributed by atoms with E-state index in [1.54, 1.807) is 0 Å². The SMILES string of the molecule is CCCCC(CCC(C)C)OC(=O)c1cccc(F)c1C(=O)O. The molecule has 0 spiro atoms. The lowest BCUT2D eigenvalue weighted by atomic mass is 10.0. The van der Waals surface area contributed by atoms with Gasteiger partial charge in [0, 0.05) is 0 Å². The predicted octanol–water partition coefficient (Wildman–Crippen LogP) is 4.68. The van der Waals surface area contributed by atoms with Crippen molar-refractivity contribution < 1.29 is 23.8 Å². The molecule has 0 saturated heterocycles. The summed E-state index contributed by atoms with van der Waals surface area (Å²) in [7, 11) is 0. The number of ether oxygens (including phenoxy) is 1. The van der Waals surface area contributed by atoms with Gasteiger partial charge in [-0.05, 0) is 37.3 Å². The maximum Gasteiger partial charge on any atom is 0.339 e. The molecule has 0 saturated carbocycles. The second kappa shape index (κ2) is 9.28. The molecule has 1 rings (SSSR count). The number of hydrogen-bond acceptors (Lipinski definition) is 3. The summed E-state index contributed by atoms with van der Waals surface area (Å²) in [5, 5.41) is 9.10. The number of carboxylic acids is 1. The largest absolute Gasteiger partial charge is 0.478 e. The molecule has 1 atom stereocenters. The normalized spacial score (nSPS) is 12.2. The molecule has 5 heteroatoms. The number of carboxylic acid groups (broad SMARTS) is 1. The first-order valence-electron chi connectivity index (χ1n) is 8.09. The quantitative estimate of drug-likeness (QED) is 0.670. The Morgan fingerprint density at radius 3 is 2.48 bits per heavy atom. The third kappa shape index (κ3) is 6.00. The van der Waals surface area contributed by atoms with E-state index in [2.05, 4.69) is 20.8 Å². The molecule has 0 aliphatic carbocycles. The summed E-state index contributed by atoms with van der Waals surface area (Å²) in [4.78, 5) is 23.5. The molecule has 23 heavy (non-hydrogen) atoms. The van der Waals surface area contributed by atoms with Crippen molar-refractivity contribution in [3.8, 4) is 0 Å². The van der Waals surface area contributed by atoms with Crippen LogP contribution in [0, 0.1) is 11.7 Å². The lowest BCUT2D eigenvalue weighted by molar-refractivity contribution is 0.0238. The highest BCUT2D eigenvalue weighted by molar-refractivity contribution is 6.02. The zero-order valence-electron chi connectivity index (χ0n) is 14.0. The van der Waals surface area contributed by atoms with E-state index in [-0.39, 0.29) is 11.7 Å². The maximum absolute atomic E-state index is 13.7. The van der Waals surface area contributed by atoms with Crippen LogP contribution in [0.3, 0.4) is 0 Å². The molecule has 1 aromatic carbocycles. The van der Waals surface area contributed by atoms with Crippen LogP contribution >= 0.6 is 0 Å². The summed E-state index contributed by atoms with van der Waals surface area (Å²) >= 11 is 0. The van der Waals surface area contributed by atoms with Gasteiger partial charge < -0.3 is 9.84 Å². The van der Waals surface area contributed by atoms with Gasteiger partial charge in [0.15, 0.2) is 0 Å². The molecule has 128 valence electrons. The minimum absolute atomic E-state index is 0.233. The van der Waals surface area contributed by atoms with Crippen LogP contribution in [0.4, 0.5) is 4.39 Å². The summed E-state index contributed by atoms with van der Waals surface area (Å²) in [6.07, 6.45) is 4.00. The number of carbonyl (C=O) groups excluding carboxylic acids is 1. The summed E-state index contributed by atoms with van der Waals surface area (Å²) in [6.45, 7) is 6.23. The molecule has 0 radical (unpaired) electrons. The lowest BCUT2D eigenvalue weighted by Gasteiger charge is -2.19. The van der Waals surface area contributed by atoms with Crippen molar-refractivity contribution >= 4 is 11.9 Å². The number of esters is 1. The van der Waals surface area contributed by atoms with E-state index in [1.807, 2.05) is 0 Å². The number of halogens is 1. The first-order chi connectivity index (χ1) is 10.9. The van der Waals surface area contributed by atoms with E-state index in [9.17, 15) is 14.0 Å². The van der Waals surface area contributed by atoms with Crippen molar-refractivity contribution in [3.05, 3.63) is 35.1 Å². The standard InChI is InChI=1S/C18H25FO4/c1-4-5-7-13(11-10-12(2)3)23-18(22)14-8-6-9-15(19)16(14)17(20)21/h6,8-9,12-13H,4-5,7,10-11H2,1-3H3,(H,20,21). The minimum Gasteiger partial charge on any atom is -0.478 e. The number of rotatable bonds is 9. The molecule has 0 bridgehead atoms. The van der Waals surface area contributed by atoms with E-state index < -0.39 is 23.3 Å². The molecule has 1 unspecified atom stereocenters. The number of aromatic carboxylic acids is 1. The van der Waals surface area contributed by atoms with E-state index in [0.29, 0.717) is 5.92 Å². The zero-order chi connectivity index (χ0) is 17.4. The Bertz CT molecular complexity index is 540. The van der Waals surface area contributed by atoms with Crippen LogP contribution in [0.2, 0.25) is 0 Å². The van der Waals surface area contributed by atoms with Crippen molar-refractivity contribution in [3.63, 3.8) is 0 Å². The summed E-state index contributed by atoms with van der Waals surface area (Å²) in [5.41, 5.74) is -0.862. The first-order valence-corrected chi connectivity index (χ1v) is 8.09. The minimum atomic E-state index is -1.47. The van der Waals surface area contributed by atoms with Crippen LogP contribution in [-0.4, -0.2) is 23.1 Å². The van der Waals surface area contributed by atoms with Crippen LogP contribution < -0.4 is 0 Å². The molecular weight excluding hydrogens is 299 g/mol. The number of hydrogen-bond donors (Lipinski definition) is 1. The van der Waals surface area contributed by atoms with Gasteiger partial charge in [0.2, 0.25) is 0 Å². The maximum atomic E-state index is 13.7. The van der Waals surface area contributed by atoms with Gasteiger partial charge in [-0.1, -0.05) is 39.7 Å². The van der Waals surface area contributed by atoms with Gasteiger partial charge in [0.1, 0.15) is 17.5 Å². The van der Waals surface area contributed by atoms with Crippen molar-refractivity contribution in [1.82, 2.24) is 0 Å². The monoisotopic (exact) mass is 324 g/mol. The van der Waals surface area contributed by atoms with E-state index in [1.165, 1.54) is 12.1 Å². The molecule has 1 N–H and O–H groups in total. The Kier molecular flexibility index (Phi) is 7.72. The highest BCUT2D eigenvalue weighted by Crippen LogP contribution is 2.20. The smallest absolute Gasteiger partial charge is 0.339 e. The van der Waals surface area contributed by atoms with E-state index in [0.717, 1.165) is 38.2 Å². The van der Waals surface area contributed by atoms with Crippen LogP contribution in [0.15, 0.2) is 18.2 Å². The highest BCUT2D eigenvalue weighted by Gasteiger charge is 2.24. The molecule has 0 amide bonds. The molecule has 0 aromatic heterocycles. The Hall–Kier alpha value is -1.91. The topological polar surface area (TPSA) is 63.6 Å². The third-order valence-corrected chi connectivity index (χ3v) is 3.67. The van der Waals surface area contributed by atoms with Crippen molar-refractivity contribution in [2.24, 2.45) is 5.92 Å². The van der Waals surface area contributed by atoms with Crippen LogP contribution in [0.5, 0.6) is 0 Å². The molecule has 0 aliphatic rings. The van der Waals surface area contributed by atoms with Gasteiger partial charge >= 0.3 is 11.9 Å². The van der Waals surface area contributed by atoms with Gasteiger partial charge in [-0.15, -0.1) is 0 Å². The fourth-order valence-corrected chi connectivity index (χ4v) is 2.34. The average Bonchev–Trinajstić information content (AvgIpc) is 2.48. The van der Waals surface area contributed by atoms with Crippen molar-refractivity contribution in [2.45, 2.75) is 59.0 Å². The molecule has 0 heterocycles. The van der Waals surface area contributed by atoms with Gasteiger partial charge in [-0.2, -0.15) is 0 Å². The third-order valence-electron chi connectivity index (χ3n) is 3.67. The van der Waals surface area contributed by atoms with Crippen molar-refractivity contribution in [2.75, 3.05) is 0 Å². The fourth-order valence-electron chi connectivity index (χ4n) is 2.34. The second-order valence-corrected chi connectivity index (χ2v) is 6.11. The molecule has 4 nitrogen and oxygen atoms in total. The Morgan fingerprint density at radius 2 is 1.91 bits per heavy atom. The van der Waals surface area contributed by atoms with Gasteiger partial charge in [-0.25, -0.2) is 14.0 Å². The first kappa shape index (κ1) is 19.1. The summed E-state index contributed by atoms with van der Waals surface area (Å²) in [6, 6.07) is 3.62. The summed E-state index contributed by atoms with van der Waals surface area (Å²) in [5.74, 6) is -2.69. The fraction of sp³-hybridized carbons (Fsp3) is 0.556. The molecule has 0 aliphatic heterocycles. The van der Waals surface area contributed by atoms with E-state index in [4.69, 9.17) is 9.84 Å². The lowest BCUT2D eigenvalue weighted by Crippen LogP contribution is -2.21. The molecule has 0 fully saturated rings. The zero-order valence-corrected chi connectivity index (χ0v) is 14.0. The Balaban J connectivity index is 2.89. The van der Waals surface area contributed by atoms with E-state index >= 15 is 0 Å². The van der Waals surface area contributed by atoms with Crippen molar-refractivity contribution in [1.29, 1.82) is 0 Å². The Morgan fingerprint density at radius 1 is 1.22 bits per heavy atom. The highest BCUT2D eigenvalue weighted by atomic mass is 19.1. The van der Waals surface area contributed by atoms with Gasteiger partial charge in [0.25, 0.3) is 0 Å². The predicted molar refractivity (Wildman–Crippen MR) is 86.2 cm³/mol. The Labute approximate surface area is 136 Å².